The molecule has 0 saturated carbocycles. The molecule has 0 amide bonds. The van der Waals surface area contributed by atoms with Crippen molar-refractivity contribution >= 4 is 55.6 Å². The molecule has 0 atom stereocenters. The summed E-state index contributed by atoms with van der Waals surface area (Å²) in [4.78, 5) is 11.0. The lowest BCUT2D eigenvalue weighted by Gasteiger charge is -2.14. The van der Waals surface area contributed by atoms with Crippen LogP contribution in [-0.4, -0.2) is 28.6 Å². The smallest absolute Gasteiger partial charge is 0.352 e. The number of nitrogens with two attached hydrogens (primary N) is 1. The van der Waals surface area contributed by atoms with E-state index in [0.29, 0.717) is 10.7 Å². The summed E-state index contributed by atoms with van der Waals surface area (Å²) in [7, 11) is -4.37. The van der Waals surface area contributed by atoms with E-state index in [1.54, 1.807) is 18.2 Å². The van der Waals surface area contributed by atoms with Gasteiger partial charge in [-0.3, -0.25) is 0 Å². The van der Waals surface area contributed by atoms with Gasteiger partial charge < -0.3 is 5.32 Å². The van der Waals surface area contributed by atoms with Crippen molar-refractivity contribution in [3.8, 4) is 5.69 Å². The monoisotopic (exact) mass is 510 g/mol. The third-order valence-electron chi connectivity index (χ3n) is 3.26. The fourth-order valence-electron chi connectivity index (χ4n) is 2.13. The van der Waals surface area contributed by atoms with Crippen molar-refractivity contribution in [3.63, 3.8) is 0 Å². The number of nitrogens with one attached hydrogen (secondary N) is 2. The first-order valence-corrected chi connectivity index (χ1v) is 9.76. The van der Waals surface area contributed by atoms with Crippen molar-refractivity contribution < 1.29 is 12.8 Å². The van der Waals surface area contributed by atoms with Gasteiger partial charge in [-0.1, -0.05) is 11.6 Å². The zero-order chi connectivity index (χ0) is 19.1. The number of rotatable bonds is 4. The van der Waals surface area contributed by atoms with Crippen molar-refractivity contribution in [1.29, 1.82) is 0 Å². The number of hydrogen-bond donors (Lipinski definition) is 3. The molecule has 0 radical (unpaired) electrons. The molecule has 136 valence electrons. The molecule has 9 nitrogen and oxygen atoms in total. The van der Waals surface area contributed by atoms with Crippen LogP contribution in [-0.2, 0) is 10.0 Å². The predicted molar refractivity (Wildman–Crippen MR) is 101 cm³/mol. The minimum Gasteiger partial charge on any atom is -0.352 e. The van der Waals surface area contributed by atoms with E-state index in [9.17, 15) is 17.6 Å². The quantitative estimate of drug-likeness (QED) is 0.458. The van der Waals surface area contributed by atoms with E-state index in [1.165, 1.54) is 0 Å². The second kappa shape index (κ2) is 6.94. The molecular formula is C13H9ClFIN6O3S. The third kappa shape index (κ3) is 3.72. The van der Waals surface area contributed by atoms with E-state index in [-0.39, 0.29) is 11.4 Å². The van der Waals surface area contributed by atoms with Crippen LogP contribution in [0, 0.1) is 9.39 Å². The summed E-state index contributed by atoms with van der Waals surface area (Å²) >= 11 is 8.22. The number of aromatic amines is 1. The van der Waals surface area contributed by atoms with Gasteiger partial charge in [-0.15, -0.1) is 0 Å². The van der Waals surface area contributed by atoms with Crippen molar-refractivity contribution in [3.05, 3.63) is 55.2 Å². The summed E-state index contributed by atoms with van der Waals surface area (Å²) in [6, 6.07) is 6.83. The van der Waals surface area contributed by atoms with Crippen LogP contribution in [0.15, 0.2) is 40.0 Å². The van der Waals surface area contributed by atoms with Crippen LogP contribution in [0.2, 0.25) is 5.02 Å². The van der Waals surface area contributed by atoms with Gasteiger partial charge in [-0.05, 0) is 57.3 Å². The summed E-state index contributed by atoms with van der Waals surface area (Å²) in [6.45, 7) is 0. The first kappa shape index (κ1) is 18.8. The number of halogens is 3. The predicted octanol–water partition coefficient (Wildman–Crippen LogP) is 1.74. The number of hydrogen-bond acceptors (Lipinski definition) is 6. The highest BCUT2D eigenvalue weighted by Crippen LogP contribution is 2.32. The number of sulfonamides is 1. The zero-order valence-electron chi connectivity index (χ0n) is 12.6. The molecule has 0 unspecified atom stereocenters. The highest BCUT2D eigenvalue weighted by Gasteiger charge is 2.21. The average Bonchev–Trinajstić information content (AvgIpc) is 2.95. The molecule has 0 aliphatic carbocycles. The Kier molecular flexibility index (Phi) is 5.01. The lowest BCUT2D eigenvalue weighted by atomic mass is 10.2. The molecular weight excluding hydrogens is 502 g/mol. The number of primary sulfonamides is 1. The summed E-state index contributed by atoms with van der Waals surface area (Å²) in [5.74, 6) is -1.10. The molecule has 4 N–H and O–H groups in total. The Morgan fingerprint density at radius 1 is 1.27 bits per heavy atom. The molecule has 0 bridgehead atoms. The van der Waals surface area contributed by atoms with Crippen LogP contribution in [0.3, 0.4) is 0 Å². The maximum atomic E-state index is 14.3. The molecule has 1 aromatic heterocycles. The molecule has 3 rings (SSSR count). The molecule has 13 heteroatoms. The molecule has 2 aromatic carbocycles. The number of anilines is 2. The number of H-pyrrole nitrogens is 1. The van der Waals surface area contributed by atoms with Crippen LogP contribution >= 0.6 is 34.2 Å². The maximum absolute atomic E-state index is 14.3. The molecule has 0 fully saturated rings. The van der Waals surface area contributed by atoms with Crippen molar-refractivity contribution in [1.82, 2.24) is 20.2 Å². The van der Waals surface area contributed by atoms with Gasteiger partial charge in [0.05, 0.1) is 22.1 Å². The fraction of sp³-hybridized carbons (Fsp3) is 0. The lowest BCUT2D eigenvalue weighted by Crippen LogP contribution is -2.20. The molecule has 1 heterocycles. The van der Waals surface area contributed by atoms with Gasteiger partial charge in [0.1, 0.15) is 10.7 Å². The van der Waals surface area contributed by atoms with Gasteiger partial charge in [0.25, 0.3) is 0 Å². The summed E-state index contributed by atoms with van der Waals surface area (Å²) in [5, 5.41) is 17.2. The van der Waals surface area contributed by atoms with Crippen molar-refractivity contribution in [2.75, 3.05) is 5.32 Å². The van der Waals surface area contributed by atoms with E-state index in [0.717, 1.165) is 20.4 Å². The van der Waals surface area contributed by atoms with Crippen LogP contribution in [0.5, 0.6) is 0 Å². The van der Waals surface area contributed by atoms with E-state index < -0.39 is 26.4 Å². The van der Waals surface area contributed by atoms with Gasteiger partial charge in [-0.25, -0.2) is 27.8 Å². The normalized spacial score (nSPS) is 11.5. The molecule has 0 saturated heterocycles. The average molecular weight is 511 g/mol. The Morgan fingerprint density at radius 3 is 2.58 bits per heavy atom. The first-order valence-electron chi connectivity index (χ1n) is 6.76. The van der Waals surface area contributed by atoms with E-state index in [2.05, 4.69) is 43.4 Å². The van der Waals surface area contributed by atoms with E-state index in [1.807, 2.05) is 0 Å². The van der Waals surface area contributed by atoms with Gasteiger partial charge in [0.15, 0.2) is 0 Å². The standard InChI is InChI=1S/C13H9ClFIN6O3S/c14-7-3-6(16)1-2-9(7)18-10-4-8(15)12(26(17,24)25)5-11(10)22-13(23)19-20-21-22/h1-5,18H,(H2,17,24,25)(H,19,21,23). The Labute approximate surface area is 164 Å². The highest BCUT2D eigenvalue weighted by molar-refractivity contribution is 14.1. The highest BCUT2D eigenvalue weighted by atomic mass is 127. The summed E-state index contributed by atoms with van der Waals surface area (Å²) < 4.78 is 39.1. The number of tetrazole rings is 1. The maximum Gasteiger partial charge on any atom is 0.365 e. The Hall–Kier alpha value is -2.03. The topological polar surface area (TPSA) is 136 Å². The summed E-state index contributed by atoms with van der Waals surface area (Å²) in [6.07, 6.45) is 0. The molecule has 0 aliphatic heterocycles. The lowest BCUT2D eigenvalue weighted by molar-refractivity contribution is 0.567. The Balaban J connectivity index is 2.22. The number of nitrogens with zero attached hydrogens (tertiary/aromatic N) is 3. The third-order valence-corrected chi connectivity index (χ3v) is 5.17. The van der Waals surface area contributed by atoms with Gasteiger partial charge in [0.2, 0.25) is 10.0 Å². The number of benzene rings is 2. The SMILES string of the molecule is NS(=O)(=O)c1cc(-n2nn[nH]c2=O)c(Nc2ccc(I)cc2Cl)cc1F. The second-order valence-electron chi connectivity index (χ2n) is 5.01. The van der Waals surface area contributed by atoms with Crippen LogP contribution in [0.25, 0.3) is 5.69 Å². The second-order valence-corrected chi connectivity index (χ2v) is 8.19. The van der Waals surface area contributed by atoms with E-state index in [4.69, 9.17) is 16.7 Å². The number of aromatic nitrogens is 4. The Morgan fingerprint density at radius 2 is 2.00 bits per heavy atom. The van der Waals surface area contributed by atoms with Crippen LogP contribution in [0.1, 0.15) is 0 Å². The fourth-order valence-corrected chi connectivity index (χ4v) is 3.64. The molecule has 3 aromatic rings. The minimum atomic E-state index is -4.37. The molecule has 0 spiro atoms. The van der Waals surface area contributed by atoms with Gasteiger partial charge >= 0.3 is 5.69 Å². The Bertz CT molecular complexity index is 1160. The zero-order valence-corrected chi connectivity index (χ0v) is 16.3. The van der Waals surface area contributed by atoms with Crippen molar-refractivity contribution in [2.24, 2.45) is 5.14 Å². The molecule has 26 heavy (non-hydrogen) atoms. The molecule has 0 aliphatic rings. The van der Waals surface area contributed by atoms with Crippen LogP contribution in [0.4, 0.5) is 15.8 Å². The van der Waals surface area contributed by atoms with Gasteiger partial charge in [-0.2, -0.15) is 4.68 Å². The van der Waals surface area contributed by atoms with E-state index >= 15 is 0 Å². The minimum absolute atomic E-state index is 0.0361. The van der Waals surface area contributed by atoms with Crippen molar-refractivity contribution in [2.45, 2.75) is 4.90 Å². The summed E-state index contributed by atoms with van der Waals surface area (Å²) in [5.41, 5.74) is -0.390. The first-order chi connectivity index (χ1) is 12.2. The van der Waals surface area contributed by atoms with Gasteiger partial charge in [0, 0.05) is 9.64 Å². The largest absolute Gasteiger partial charge is 0.365 e. The van der Waals surface area contributed by atoms with Crippen LogP contribution < -0.4 is 16.1 Å².